The van der Waals surface area contributed by atoms with Crippen LogP contribution >= 0.6 is 0 Å². The molecule has 2 heterocycles. The van der Waals surface area contributed by atoms with Gasteiger partial charge in [-0.05, 0) is 76.3 Å². The third-order valence-corrected chi connectivity index (χ3v) is 6.53. The molecule has 0 radical (unpaired) electrons. The minimum atomic E-state index is -1.61. The highest BCUT2D eigenvalue weighted by molar-refractivity contribution is 5.68. The van der Waals surface area contributed by atoms with Crippen LogP contribution in [0, 0.1) is 5.92 Å². The number of hydrogen-bond acceptors (Lipinski definition) is 7. The van der Waals surface area contributed by atoms with Gasteiger partial charge >= 0.3 is 0 Å². The summed E-state index contributed by atoms with van der Waals surface area (Å²) >= 11 is 0. The van der Waals surface area contributed by atoms with Crippen molar-refractivity contribution in [1.29, 1.82) is 0 Å². The first-order chi connectivity index (χ1) is 16.2. The van der Waals surface area contributed by atoms with Crippen LogP contribution in [0.1, 0.15) is 70.9 Å². The molecule has 1 aromatic carbocycles. The lowest BCUT2D eigenvalue weighted by Gasteiger charge is -2.40. The van der Waals surface area contributed by atoms with Gasteiger partial charge in [0.25, 0.3) is 0 Å². The van der Waals surface area contributed by atoms with Crippen molar-refractivity contribution in [2.24, 2.45) is 5.92 Å². The summed E-state index contributed by atoms with van der Waals surface area (Å²) < 4.78 is 18.0. The van der Waals surface area contributed by atoms with E-state index in [1.54, 1.807) is 0 Å². The zero-order valence-electron chi connectivity index (χ0n) is 20.7. The fourth-order valence-corrected chi connectivity index (χ4v) is 4.39. The summed E-state index contributed by atoms with van der Waals surface area (Å²) in [5, 5.41) is 40.0. The molecule has 6 atom stereocenters. The molecule has 2 aliphatic rings. The molecule has 0 saturated carbocycles. The predicted octanol–water partition coefficient (Wildman–Crippen LogP) is 3.71. The molecule has 4 N–H and O–H groups in total. The van der Waals surface area contributed by atoms with E-state index in [0.717, 1.165) is 49.7 Å². The quantitative estimate of drug-likeness (QED) is 0.301. The lowest BCUT2D eigenvalue weighted by Crippen LogP contribution is -2.57. The molecule has 7 nitrogen and oxygen atoms in total. The van der Waals surface area contributed by atoms with Crippen LogP contribution in [0.2, 0.25) is 0 Å². The zero-order valence-corrected chi connectivity index (χ0v) is 20.7. The van der Waals surface area contributed by atoms with Gasteiger partial charge in [0.15, 0.2) is 6.29 Å². The van der Waals surface area contributed by atoms with Gasteiger partial charge in [0.1, 0.15) is 23.2 Å². The molecule has 1 aromatic rings. The van der Waals surface area contributed by atoms with Gasteiger partial charge in [0, 0.05) is 0 Å². The molecule has 3 rings (SSSR count). The molecule has 2 unspecified atom stereocenters. The second-order valence-corrected chi connectivity index (χ2v) is 9.87. The van der Waals surface area contributed by atoms with Crippen molar-refractivity contribution in [2.45, 2.75) is 96.6 Å². The second kappa shape index (κ2) is 11.7. The number of aliphatic hydroxyl groups is 4. The SMILES string of the molecule is CCCCCc1cc(OC2O[C@H](O)[C@@H](O)[C@H](O)[C@H]2CO)c2c(c1)OC(C)(CCC=C(C)C)C=C2. The fourth-order valence-electron chi connectivity index (χ4n) is 4.39. The highest BCUT2D eigenvalue weighted by Gasteiger charge is 2.45. The maximum absolute atomic E-state index is 10.3. The van der Waals surface area contributed by atoms with Crippen molar-refractivity contribution in [2.75, 3.05) is 6.61 Å². The summed E-state index contributed by atoms with van der Waals surface area (Å²) in [6, 6.07) is 3.98. The van der Waals surface area contributed by atoms with Crippen LogP contribution in [0.3, 0.4) is 0 Å². The first-order valence-corrected chi connectivity index (χ1v) is 12.3. The summed E-state index contributed by atoms with van der Waals surface area (Å²) in [5.41, 5.74) is 2.62. The Hall–Kier alpha value is -1.90. The highest BCUT2D eigenvalue weighted by Crippen LogP contribution is 2.41. The van der Waals surface area contributed by atoms with Gasteiger partial charge in [-0.3, -0.25) is 0 Å². The molecule has 7 heteroatoms. The van der Waals surface area contributed by atoms with E-state index in [0.29, 0.717) is 11.5 Å². The Morgan fingerprint density at radius 1 is 1.15 bits per heavy atom. The zero-order chi connectivity index (χ0) is 24.9. The number of allylic oxidation sites excluding steroid dienone is 2. The van der Waals surface area contributed by atoms with E-state index in [1.807, 2.05) is 18.2 Å². The normalized spacial score (nSPS) is 30.4. The number of aryl methyl sites for hydroxylation is 1. The molecular weight excluding hydrogens is 436 g/mol. The van der Waals surface area contributed by atoms with Crippen molar-refractivity contribution in [3.05, 3.63) is 41.0 Å². The minimum absolute atomic E-state index is 0.455. The van der Waals surface area contributed by atoms with Crippen LogP contribution in [0.4, 0.5) is 0 Å². The maximum atomic E-state index is 10.3. The van der Waals surface area contributed by atoms with Gasteiger partial charge in [-0.15, -0.1) is 0 Å². The van der Waals surface area contributed by atoms with Gasteiger partial charge in [0.05, 0.1) is 24.2 Å². The maximum Gasteiger partial charge on any atom is 0.210 e. The molecular formula is C27H40O7. The molecule has 0 aromatic heterocycles. The first kappa shape index (κ1) is 26.7. The van der Waals surface area contributed by atoms with Crippen molar-refractivity contribution in [3.63, 3.8) is 0 Å². The predicted molar refractivity (Wildman–Crippen MR) is 131 cm³/mol. The van der Waals surface area contributed by atoms with Gasteiger partial charge < -0.3 is 34.6 Å². The third kappa shape index (κ3) is 6.40. The van der Waals surface area contributed by atoms with E-state index >= 15 is 0 Å². The Morgan fingerprint density at radius 3 is 2.59 bits per heavy atom. The molecule has 2 aliphatic heterocycles. The lowest BCUT2D eigenvalue weighted by molar-refractivity contribution is -0.312. The highest BCUT2D eigenvalue weighted by atomic mass is 16.7. The van der Waals surface area contributed by atoms with E-state index < -0.39 is 42.9 Å². The Labute approximate surface area is 202 Å². The molecule has 34 heavy (non-hydrogen) atoms. The van der Waals surface area contributed by atoms with E-state index in [4.69, 9.17) is 14.2 Å². The smallest absolute Gasteiger partial charge is 0.210 e. The molecule has 1 saturated heterocycles. The fraction of sp³-hybridized carbons (Fsp3) is 0.630. The summed E-state index contributed by atoms with van der Waals surface area (Å²) in [6.07, 6.45) is 6.42. The van der Waals surface area contributed by atoms with Crippen LogP contribution in [-0.4, -0.2) is 57.4 Å². The average Bonchev–Trinajstić information content (AvgIpc) is 2.77. The van der Waals surface area contributed by atoms with Crippen molar-refractivity contribution >= 4 is 6.08 Å². The molecule has 0 amide bonds. The number of aliphatic hydroxyl groups excluding tert-OH is 4. The number of hydrogen-bond donors (Lipinski definition) is 4. The third-order valence-electron chi connectivity index (χ3n) is 6.53. The van der Waals surface area contributed by atoms with Gasteiger partial charge in [-0.1, -0.05) is 31.4 Å². The summed E-state index contributed by atoms with van der Waals surface area (Å²) in [7, 11) is 0. The van der Waals surface area contributed by atoms with E-state index in [1.165, 1.54) is 5.57 Å². The lowest BCUT2D eigenvalue weighted by atomic mass is 9.93. The van der Waals surface area contributed by atoms with Gasteiger partial charge in [0.2, 0.25) is 6.29 Å². The van der Waals surface area contributed by atoms with Crippen LogP contribution in [0.25, 0.3) is 6.08 Å². The summed E-state index contributed by atoms with van der Waals surface area (Å²) in [6.45, 7) is 7.93. The van der Waals surface area contributed by atoms with E-state index in [9.17, 15) is 20.4 Å². The van der Waals surface area contributed by atoms with Crippen molar-refractivity contribution < 1.29 is 34.6 Å². The largest absolute Gasteiger partial charge is 0.483 e. The standard InChI is InChI=1S/C27H40O7/c1-5-6-7-10-18-14-21(32-26-20(16-28)23(29)24(30)25(31)33-26)19-11-13-27(4,34-22(19)15-18)12-8-9-17(2)3/h9,11,13-15,20,23-26,28-31H,5-8,10,12,16H2,1-4H3/t20-,23-,24+,25+,26?,27?/m1/s1. The summed E-state index contributed by atoms with van der Waals surface area (Å²) in [5.74, 6) is 0.287. The number of rotatable bonds is 10. The van der Waals surface area contributed by atoms with Crippen molar-refractivity contribution in [1.82, 2.24) is 0 Å². The van der Waals surface area contributed by atoms with Crippen LogP contribution in [-0.2, 0) is 11.2 Å². The van der Waals surface area contributed by atoms with Crippen LogP contribution in [0.15, 0.2) is 29.9 Å². The van der Waals surface area contributed by atoms with Gasteiger partial charge in [-0.2, -0.15) is 0 Å². The Bertz CT molecular complexity index is 876. The number of benzene rings is 1. The minimum Gasteiger partial charge on any atom is -0.483 e. The first-order valence-electron chi connectivity index (χ1n) is 12.3. The number of unbranched alkanes of at least 4 members (excludes halogenated alkanes) is 2. The summed E-state index contributed by atoms with van der Waals surface area (Å²) in [4.78, 5) is 0. The topological polar surface area (TPSA) is 109 Å². The molecule has 190 valence electrons. The Morgan fingerprint density at radius 2 is 1.91 bits per heavy atom. The van der Waals surface area contributed by atoms with Crippen molar-refractivity contribution in [3.8, 4) is 11.5 Å². The Kier molecular flexibility index (Phi) is 9.18. The second-order valence-electron chi connectivity index (χ2n) is 9.87. The number of ether oxygens (including phenoxy) is 3. The van der Waals surface area contributed by atoms with Gasteiger partial charge in [-0.25, -0.2) is 0 Å². The average molecular weight is 477 g/mol. The monoisotopic (exact) mass is 476 g/mol. The molecule has 1 fully saturated rings. The van der Waals surface area contributed by atoms with E-state index in [2.05, 4.69) is 39.8 Å². The molecule has 0 bridgehead atoms. The molecule has 0 spiro atoms. The van der Waals surface area contributed by atoms with E-state index in [-0.39, 0.29) is 0 Å². The molecule has 0 aliphatic carbocycles. The van der Waals surface area contributed by atoms with Crippen LogP contribution < -0.4 is 9.47 Å². The number of fused-ring (bicyclic) bond motifs is 1. The van der Waals surface area contributed by atoms with Crippen LogP contribution in [0.5, 0.6) is 11.5 Å². The Balaban J connectivity index is 1.90.